The molecule has 2 N–H and O–H groups in total. The highest BCUT2D eigenvalue weighted by molar-refractivity contribution is 5.95. The molecule has 1 aliphatic heterocycles. The zero-order valence-corrected chi connectivity index (χ0v) is 12.0. The minimum Gasteiger partial charge on any atom is -0.378 e. The normalized spacial score (nSPS) is 21.4. The molecular formula is C14H17N5O2. The Morgan fingerprint density at radius 1 is 1.43 bits per heavy atom. The summed E-state index contributed by atoms with van der Waals surface area (Å²) >= 11 is 0. The van der Waals surface area contributed by atoms with Crippen molar-refractivity contribution in [2.45, 2.75) is 25.8 Å². The van der Waals surface area contributed by atoms with Gasteiger partial charge in [0.05, 0.1) is 17.9 Å². The highest BCUT2D eigenvalue weighted by Gasteiger charge is 2.41. The van der Waals surface area contributed by atoms with Gasteiger partial charge >= 0.3 is 0 Å². The van der Waals surface area contributed by atoms with E-state index in [1.165, 1.54) is 0 Å². The van der Waals surface area contributed by atoms with E-state index in [1.54, 1.807) is 32.4 Å². The fourth-order valence-electron chi connectivity index (χ4n) is 2.53. The summed E-state index contributed by atoms with van der Waals surface area (Å²) in [5, 5.41) is 3.03. The van der Waals surface area contributed by atoms with Gasteiger partial charge in [-0.2, -0.15) is 0 Å². The summed E-state index contributed by atoms with van der Waals surface area (Å²) in [6.07, 6.45) is 5.64. The Morgan fingerprint density at radius 2 is 2.29 bits per heavy atom. The van der Waals surface area contributed by atoms with E-state index < -0.39 is 5.54 Å². The van der Waals surface area contributed by atoms with Crippen molar-refractivity contribution in [1.82, 2.24) is 25.3 Å². The number of aromatic nitrogens is 4. The number of H-pyrrole nitrogens is 1. The molecule has 1 amide bonds. The van der Waals surface area contributed by atoms with Crippen molar-refractivity contribution in [2.24, 2.45) is 0 Å². The molecule has 1 saturated heterocycles. The Kier molecular flexibility index (Phi) is 3.42. The molecule has 0 saturated carbocycles. The summed E-state index contributed by atoms with van der Waals surface area (Å²) in [6, 6.07) is 0. The number of hydrogen-bond acceptors (Lipinski definition) is 5. The monoisotopic (exact) mass is 287 g/mol. The van der Waals surface area contributed by atoms with Crippen LogP contribution in [-0.2, 0) is 10.3 Å². The number of imidazole rings is 1. The Bertz CT molecular complexity index is 647. The predicted molar refractivity (Wildman–Crippen MR) is 74.7 cm³/mol. The van der Waals surface area contributed by atoms with Crippen molar-refractivity contribution in [3.8, 4) is 0 Å². The lowest BCUT2D eigenvalue weighted by Crippen LogP contribution is -2.47. The van der Waals surface area contributed by atoms with Crippen LogP contribution in [0.1, 0.15) is 34.1 Å². The first-order chi connectivity index (χ1) is 10.1. The molecule has 2 aromatic heterocycles. The second-order valence-electron chi connectivity index (χ2n) is 5.19. The summed E-state index contributed by atoms with van der Waals surface area (Å²) in [4.78, 5) is 28.2. The lowest BCUT2D eigenvalue weighted by Gasteiger charge is -2.26. The largest absolute Gasteiger partial charge is 0.378 e. The van der Waals surface area contributed by atoms with Crippen LogP contribution in [0, 0.1) is 13.8 Å². The lowest BCUT2D eigenvalue weighted by atomic mass is 9.97. The van der Waals surface area contributed by atoms with Gasteiger partial charge in [-0.05, 0) is 13.8 Å². The number of amides is 1. The number of hydrogen-bond donors (Lipinski definition) is 2. The molecule has 1 unspecified atom stereocenters. The van der Waals surface area contributed by atoms with Gasteiger partial charge in [0.15, 0.2) is 0 Å². The van der Waals surface area contributed by atoms with E-state index in [0.29, 0.717) is 42.5 Å². The lowest BCUT2D eigenvalue weighted by molar-refractivity contribution is 0.0868. The summed E-state index contributed by atoms with van der Waals surface area (Å²) in [5.41, 5.74) is 0.518. The summed E-state index contributed by atoms with van der Waals surface area (Å²) in [7, 11) is 0. The standard InChI is InChI=1S/C14H17N5O2/c1-9-11(7-17-10(2)18-9)12(20)19-14(3-6-21-8-14)13-15-4-5-16-13/h4-5,7H,3,6,8H2,1-2H3,(H,15,16)(H,19,20). The number of aromatic amines is 1. The molecule has 3 heterocycles. The van der Waals surface area contributed by atoms with Crippen molar-refractivity contribution in [2.75, 3.05) is 13.2 Å². The first-order valence-corrected chi connectivity index (χ1v) is 6.81. The van der Waals surface area contributed by atoms with Crippen molar-refractivity contribution in [1.29, 1.82) is 0 Å². The minimum atomic E-state index is -0.613. The van der Waals surface area contributed by atoms with Crippen LogP contribution in [0.15, 0.2) is 18.6 Å². The van der Waals surface area contributed by atoms with Gasteiger partial charge in [0.2, 0.25) is 0 Å². The maximum Gasteiger partial charge on any atom is 0.255 e. The van der Waals surface area contributed by atoms with Gasteiger partial charge in [-0.3, -0.25) is 4.79 Å². The molecule has 0 aromatic carbocycles. The number of nitrogens with zero attached hydrogens (tertiary/aromatic N) is 3. The highest BCUT2D eigenvalue weighted by atomic mass is 16.5. The van der Waals surface area contributed by atoms with E-state index in [9.17, 15) is 4.79 Å². The zero-order valence-electron chi connectivity index (χ0n) is 12.0. The minimum absolute atomic E-state index is 0.214. The average molecular weight is 287 g/mol. The molecule has 21 heavy (non-hydrogen) atoms. The first kappa shape index (κ1) is 13.7. The Morgan fingerprint density at radius 3 is 2.90 bits per heavy atom. The van der Waals surface area contributed by atoms with Gasteiger partial charge in [0.1, 0.15) is 17.2 Å². The summed E-state index contributed by atoms with van der Waals surface area (Å²) in [5.74, 6) is 1.14. The van der Waals surface area contributed by atoms with Gasteiger partial charge in [-0.15, -0.1) is 0 Å². The number of aryl methyl sites for hydroxylation is 2. The molecule has 0 aliphatic carbocycles. The molecule has 0 spiro atoms. The van der Waals surface area contributed by atoms with E-state index in [2.05, 4.69) is 25.3 Å². The van der Waals surface area contributed by atoms with Gasteiger partial charge in [-0.1, -0.05) is 0 Å². The first-order valence-electron chi connectivity index (χ1n) is 6.81. The van der Waals surface area contributed by atoms with E-state index in [0.717, 1.165) is 0 Å². The molecule has 1 fully saturated rings. The highest BCUT2D eigenvalue weighted by Crippen LogP contribution is 2.28. The molecule has 7 nitrogen and oxygen atoms in total. The average Bonchev–Trinajstić information content (AvgIpc) is 3.09. The number of rotatable bonds is 3. The third-order valence-electron chi connectivity index (χ3n) is 3.67. The third kappa shape index (κ3) is 2.52. The Labute approximate surface area is 122 Å². The van der Waals surface area contributed by atoms with Crippen LogP contribution in [0.5, 0.6) is 0 Å². The maximum atomic E-state index is 12.5. The van der Waals surface area contributed by atoms with Gasteiger partial charge in [0, 0.05) is 31.6 Å². The predicted octanol–water partition coefficient (Wildman–Crippen LogP) is 0.862. The van der Waals surface area contributed by atoms with Crippen molar-refractivity contribution >= 4 is 5.91 Å². The second kappa shape index (κ2) is 5.25. The zero-order chi connectivity index (χ0) is 14.9. The quantitative estimate of drug-likeness (QED) is 0.873. The van der Waals surface area contributed by atoms with E-state index >= 15 is 0 Å². The van der Waals surface area contributed by atoms with Crippen LogP contribution in [-0.4, -0.2) is 39.1 Å². The van der Waals surface area contributed by atoms with E-state index in [-0.39, 0.29) is 5.91 Å². The number of ether oxygens (including phenoxy) is 1. The molecule has 0 radical (unpaired) electrons. The molecule has 1 atom stereocenters. The van der Waals surface area contributed by atoms with Crippen LogP contribution in [0.2, 0.25) is 0 Å². The van der Waals surface area contributed by atoms with Crippen LogP contribution >= 0.6 is 0 Å². The molecule has 110 valence electrons. The van der Waals surface area contributed by atoms with Crippen molar-refractivity contribution in [3.05, 3.63) is 41.5 Å². The molecule has 0 bridgehead atoms. The topological polar surface area (TPSA) is 92.8 Å². The number of carbonyl (C=O) groups is 1. The molecule has 7 heteroatoms. The Hall–Kier alpha value is -2.28. The molecule has 2 aromatic rings. The smallest absolute Gasteiger partial charge is 0.255 e. The molecule has 1 aliphatic rings. The van der Waals surface area contributed by atoms with Crippen molar-refractivity contribution < 1.29 is 9.53 Å². The fraction of sp³-hybridized carbons (Fsp3) is 0.429. The van der Waals surface area contributed by atoms with Crippen LogP contribution in [0.3, 0.4) is 0 Å². The van der Waals surface area contributed by atoms with Crippen molar-refractivity contribution in [3.63, 3.8) is 0 Å². The van der Waals surface area contributed by atoms with Gasteiger partial charge in [-0.25, -0.2) is 15.0 Å². The Balaban J connectivity index is 1.88. The summed E-state index contributed by atoms with van der Waals surface area (Å²) < 4.78 is 5.46. The van der Waals surface area contributed by atoms with Crippen LogP contribution in [0.25, 0.3) is 0 Å². The number of nitrogens with one attached hydrogen (secondary N) is 2. The number of carbonyl (C=O) groups excluding carboxylic acids is 1. The van der Waals surface area contributed by atoms with Crippen LogP contribution in [0.4, 0.5) is 0 Å². The summed E-state index contributed by atoms with van der Waals surface area (Å²) in [6.45, 7) is 4.58. The molecule has 3 rings (SSSR count). The van der Waals surface area contributed by atoms with E-state index in [1.807, 2.05) is 0 Å². The molecular weight excluding hydrogens is 270 g/mol. The van der Waals surface area contributed by atoms with Crippen LogP contribution < -0.4 is 5.32 Å². The van der Waals surface area contributed by atoms with E-state index in [4.69, 9.17) is 4.74 Å². The third-order valence-corrected chi connectivity index (χ3v) is 3.67. The van der Waals surface area contributed by atoms with Gasteiger partial charge in [0.25, 0.3) is 5.91 Å². The van der Waals surface area contributed by atoms with Gasteiger partial charge < -0.3 is 15.0 Å². The second-order valence-corrected chi connectivity index (χ2v) is 5.19. The maximum absolute atomic E-state index is 12.5. The SMILES string of the molecule is Cc1ncc(C(=O)NC2(c3ncc[nH]3)CCOC2)c(C)n1. The fourth-order valence-corrected chi connectivity index (χ4v) is 2.53.